The van der Waals surface area contributed by atoms with E-state index in [9.17, 15) is 14.7 Å². The Bertz CT molecular complexity index is 807. The second-order valence-electron chi connectivity index (χ2n) is 7.52. The lowest BCUT2D eigenvalue weighted by Gasteiger charge is -2.34. The van der Waals surface area contributed by atoms with Gasteiger partial charge in [-0.2, -0.15) is 0 Å². The minimum Gasteiger partial charge on any atom is -0.508 e. The zero-order valence-electron chi connectivity index (χ0n) is 16.6. The van der Waals surface area contributed by atoms with E-state index in [1.54, 1.807) is 24.3 Å². The fourth-order valence-electron chi connectivity index (χ4n) is 3.87. The Morgan fingerprint density at radius 1 is 1.21 bits per heavy atom. The molecule has 1 aliphatic heterocycles. The van der Waals surface area contributed by atoms with Gasteiger partial charge in [-0.3, -0.25) is 14.6 Å². The minimum absolute atomic E-state index is 0.0384. The molecule has 1 unspecified atom stereocenters. The molecule has 6 nitrogen and oxygen atoms in total. The number of ketones is 1. The lowest BCUT2D eigenvalue weighted by molar-refractivity contribution is -0.148. The number of rotatable bonds is 6. The minimum atomic E-state index is -0.663. The van der Waals surface area contributed by atoms with Crippen LogP contribution < -0.4 is 0 Å². The lowest BCUT2D eigenvalue weighted by atomic mass is 9.72. The van der Waals surface area contributed by atoms with Crippen LogP contribution in [-0.4, -0.2) is 41.9 Å². The molecule has 0 amide bonds. The van der Waals surface area contributed by atoms with E-state index < -0.39 is 17.8 Å². The molecule has 0 spiro atoms. The number of nitrogens with zero attached hydrogens (tertiary/aromatic N) is 1. The molecule has 0 fully saturated rings. The summed E-state index contributed by atoms with van der Waals surface area (Å²) in [5.74, 6) is -1.34. The van der Waals surface area contributed by atoms with Crippen LogP contribution in [0.4, 0.5) is 0 Å². The first-order valence-corrected chi connectivity index (χ1v) is 9.77. The largest absolute Gasteiger partial charge is 0.508 e. The summed E-state index contributed by atoms with van der Waals surface area (Å²) >= 11 is 0. The van der Waals surface area contributed by atoms with E-state index in [1.807, 2.05) is 20.8 Å². The number of hydrogen-bond donors (Lipinski definition) is 1. The average Bonchev–Trinajstić information content (AvgIpc) is 2.64. The van der Waals surface area contributed by atoms with Crippen LogP contribution in [0.15, 0.2) is 40.5 Å². The van der Waals surface area contributed by atoms with Crippen LogP contribution in [-0.2, 0) is 19.1 Å². The molecule has 0 saturated heterocycles. The fourth-order valence-corrected chi connectivity index (χ4v) is 3.87. The number of ether oxygens (including phenoxy) is 2. The van der Waals surface area contributed by atoms with Crippen molar-refractivity contribution >= 4 is 17.5 Å². The topological polar surface area (TPSA) is 85.2 Å². The number of benzene rings is 1. The van der Waals surface area contributed by atoms with Gasteiger partial charge in [-0.25, -0.2) is 0 Å². The van der Waals surface area contributed by atoms with Crippen molar-refractivity contribution in [1.82, 2.24) is 0 Å². The second-order valence-corrected chi connectivity index (χ2v) is 7.52. The highest BCUT2D eigenvalue weighted by atomic mass is 16.6. The van der Waals surface area contributed by atoms with Gasteiger partial charge in [0.2, 0.25) is 0 Å². The van der Waals surface area contributed by atoms with Gasteiger partial charge in [0.15, 0.2) is 5.78 Å². The summed E-state index contributed by atoms with van der Waals surface area (Å²) in [4.78, 5) is 30.3. The Morgan fingerprint density at radius 2 is 1.93 bits per heavy atom. The van der Waals surface area contributed by atoms with Gasteiger partial charge in [-0.05, 0) is 51.3 Å². The van der Waals surface area contributed by atoms with Gasteiger partial charge in [0.25, 0.3) is 0 Å². The number of Topliss-reactive ketones (excluding diaryl/α,β-unsaturated/α-hetero) is 1. The molecular formula is C22H27NO5. The smallest absolute Gasteiger partial charge is 0.315 e. The average molecular weight is 385 g/mol. The van der Waals surface area contributed by atoms with Crippen LogP contribution in [0, 0.1) is 5.92 Å². The summed E-state index contributed by atoms with van der Waals surface area (Å²) in [6.45, 7) is 6.13. The number of phenolic OH excluding ortho intramolecular Hbond substituents is 1. The van der Waals surface area contributed by atoms with Crippen LogP contribution in [0.25, 0.3) is 0 Å². The quantitative estimate of drug-likeness (QED) is 0.598. The maximum absolute atomic E-state index is 12.9. The number of hydrogen-bond acceptors (Lipinski definition) is 6. The molecule has 6 heteroatoms. The zero-order valence-corrected chi connectivity index (χ0v) is 16.6. The lowest BCUT2D eigenvalue weighted by Crippen LogP contribution is -2.37. The predicted octanol–water partition coefficient (Wildman–Crippen LogP) is 3.54. The third-order valence-electron chi connectivity index (χ3n) is 5.12. The van der Waals surface area contributed by atoms with Crippen molar-refractivity contribution in [3.05, 3.63) is 41.1 Å². The molecule has 1 N–H and O–H groups in total. The number of allylic oxidation sites excluding steroid dienone is 2. The number of carbonyl (C=O) groups is 2. The predicted molar refractivity (Wildman–Crippen MR) is 105 cm³/mol. The maximum Gasteiger partial charge on any atom is 0.315 e. The van der Waals surface area contributed by atoms with Gasteiger partial charge in [0.05, 0.1) is 12.7 Å². The van der Waals surface area contributed by atoms with E-state index in [0.717, 1.165) is 24.1 Å². The Hall–Kier alpha value is -2.47. The van der Waals surface area contributed by atoms with E-state index in [1.165, 1.54) is 0 Å². The number of esters is 1. The molecule has 2 atom stereocenters. The molecule has 0 saturated carbocycles. The molecule has 2 aliphatic rings. The Labute approximate surface area is 165 Å². The van der Waals surface area contributed by atoms with E-state index in [-0.39, 0.29) is 24.2 Å². The SMILES string of the molecule is CC1=NC2=C(C(=O)CCC2)[C@@H](c2ccc(O)cc2)C1C(=O)OCCOC(C)C. The normalized spacial score (nSPS) is 22.1. The van der Waals surface area contributed by atoms with Gasteiger partial charge >= 0.3 is 5.97 Å². The molecule has 1 heterocycles. The highest BCUT2D eigenvalue weighted by Crippen LogP contribution is 2.43. The van der Waals surface area contributed by atoms with Gasteiger partial charge in [0, 0.05) is 29.3 Å². The molecule has 3 rings (SSSR count). The van der Waals surface area contributed by atoms with E-state index in [2.05, 4.69) is 4.99 Å². The monoisotopic (exact) mass is 385 g/mol. The van der Waals surface area contributed by atoms with E-state index >= 15 is 0 Å². The fraction of sp³-hybridized carbons (Fsp3) is 0.500. The van der Waals surface area contributed by atoms with Gasteiger partial charge in [-0.15, -0.1) is 0 Å². The van der Waals surface area contributed by atoms with Crippen molar-refractivity contribution in [2.75, 3.05) is 13.2 Å². The summed E-state index contributed by atoms with van der Waals surface area (Å²) in [7, 11) is 0. The molecule has 0 radical (unpaired) electrons. The van der Waals surface area contributed by atoms with Crippen molar-refractivity contribution in [2.45, 2.75) is 52.1 Å². The molecular weight excluding hydrogens is 358 g/mol. The van der Waals surface area contributed by atoms with Gasteiger partial charge in [0.1, 0.15) is 18.3 Å². The van der Waals surface area contributed by atoms with Crippen molar-refractivity contribution in [2.24, 2.45) is 10.9 Å². The summed E-state index contributed by atoms with van der Waals surface area (Å²) in [5, 5.41) is 9.65. The number of aromatic hydroxyl groups is 1. The summed E-state index contributed by atoms with van der Waals surface area (Å²) in [6, 6.07) is 6.66. The molecule has 1 aromatic carbocycles. The Kier molecular flexibility index (Phi) is 6.29. The summed E-state index contributed by atoms with van der Waals surface area (Å²) in [6.07, 6.45) is 2.04. The van der Waals surface area contributed by atoms with Crippen LogP contribution >= 0.6 is 0 Å². The highest BCUT2D eigenvalue weighted by molar-refractivity contribution is 6.08. The standard InChI is InChI=1S/C22H27NO5/c1-13(2)27-11-12-28-22(26)19-14(3)23-17-5-4-6-18(25)21(17)20(19)15-7-9-16(24)10-8-15/h7-10,13,19-20,24H,4-6,11-12H2,1-3H3/t19?,20-/m0/s1. The Balaban J connectivity index is 1.91. The number of aliphatic imine (C=N–C) groups is 1. The molecule has 1 aromatic rings. The zero-order chi connectivity index (χ0) is 20.3. The molecule has 150 valence electrons. The molecule has 1 aliphatic carbocycles. The number of carbonyl (C=O) groups excluding carboxylic acids is 2. The third-order valence-corrected chi connectivity index (χ3v) is 5.12. The number of phenols is 1. The van der Waals surface area contributed by atoms with Crippen molar-refractivity contribution < 1.29 is 24.2 Å². The van der Waals surface area contributed by atoms with Crippen molar-refractivity contribution in [3.63, 3.8) is 0 Å². The van der Waals surface area contributed by atoms with Crippen LogP contribution in [0.3, 0.4) is 0 Å². The third kappa shape index (κ3) is 4.33. The van der Waals surface area contributed by atoms with Crippen LogP contribution in [0.2, 0.25) is 0 Å². The van der Waals surface area contributed by atoms with Crippen molar-refractivity contribution in [3.8, 4) is 5.75 Å². The van der Waals surface area contributed by atoms with E-state index in [0.29, 0.717) is 24.3 Å². The Morgan fingerprint density at radius 3 is 2.61 bits per heavy atom. The molecule has 0 aromatic heterocycles. The summed E-state index contributed by atoms with van der Waals surface area (Å²) in [5.41, 5.74) is 2.85. The van der Waals surface area contributed by atoms with Crippen LogP contribution in [0.5, 0.6) is 5.75 Å². The first-order valence-electron chi connectivity index (χ1n) is 9.77. The second kappa shape index (κ2) is 8.69. The molecule has 28 heavy (non-hydrogen) atoms. The highest BCUT2D eigenvalue weighted by Gasteiger charge is 2.43. The maximum atomic E-state index is 12.9. The first-order chi connectivity index (χ1) is 13.4. The molecule has 0 bridgehead atoms. The summed E-state index contributed by atoms with van der Waals surface area (Å²) < 4.78 is 10.9. The van der Waals surface area contributed by atoms with Gasteiger partial charge < -0.3 is 14.6 Å². The first kappa shape index (κ1) is 20.3. The van der Waals surface area contributed by atoms with Crippen LogP contribution in [0.1, 0.15) is 51.5 Å². The van der Waals surface area contributed by atoms with Gasteiger partial charge in [-0.1, -0.05) is 12.1 Å². The van der Waals surface area contributed by atoms with E-state index in [4.69, 9.17) is 9.47 Å². The van der Waals surface area contributed by atoms with Crippen molar-refractivity contribution in [1.29, 1.82) is 0 Å².